The van der Waals surface area contributed by atoms with E-state index in [4.69, 9.17) is 4.42 Å². The Bertz CT molecular complexity index is 1200. The van der Waals surface area contributed by atoms with Crippen LogP contribution >= 0.6 is 0 Å². The van der Waals surface area contributed by atoms with Gasteiger partial charge in [0.1, 0.15) is 17.9 Å². The van der Waals surface area contributed by atoms with Crippen LogP contribution in [0.15, 0.2) is 59.0 Å². The summed E-state index contributed by atoms with van der Waals surface area (Å²) in [5.41, 5.74) is 1.66. The normalized spacial score (nSPS) is 22.7. The molecule has 1 N–H and O–H groups in total. The number of benzene rings is 2. The number of hydrogen-bond donors (Lipinski definition) is 1. The van der Waals surface area contributed by atoms with Crippen molar-refractivity contribution in [2.24, 2.45) is 0 Å². The van der Waals surface area contributed by atoms with Crippen molar-refractivity contribution in [3.8, 4) is 0 Å². The van der Waals surface area contributed by atoms with Crippen molar-refractivity contribution in [2.45, 2.75) is 37.8 Å². The Kier molecular flexibility index (Phi) is 4.77. The summed E-state index contributed by atoms with van der Waals surface area (Å²) in [6.45, 7) is 1.30. The molecular formula is C25H25N3O4. The van der Waals surface area contributed by atoms with Gasteiger partial charge in [0.15, 0.2) is 5.54 Å². The Hall–Kier alpha value is -3.61. The predicted molar refractivity (Wildman–Crippen MR) is 119 cm³/mol. The summed E-state index contributed by atoms with van der Waals surface area (Å²) < 4.78 is 5.85. The van der Waals surface area contributed by atoms with Crippen molar-refractivity contribution >= 4 is 28.8 Å². The summed E-state index contributed by atoms with van der Waals surface area (Å²) in [5, 5.41) is 3.56. The number of furan rings is 1. The van der Waals surface area contributed by atoms with Crippen LogP contribution in [-0.4, -0.2) is 41.2 Å². The quantitative estimate of drug-likeness (QED) is 0.638. The molecule has 164 valence electrons. The van der Waals surface area contributed by atoms with Crippen molar-refractivity contribution in [1.29, 1.82) is 0 Å². The zero-order valence-electron chi connectivity index (χ0n) is 18.1. The first-order valence-corrected chi connectivity index (χ1v) is 10.8. The number of urea groups is 1. The lowest BCUT2D eigenvalue weighted by molar-refractivity contribution is -0.139. The van der Waals surface area contributed by atoms with Crippen molar-refractivity contribution < 1.29 is 18.8 Å². The van der Waals surface area contributed by atoms with Crippen LogP contribution in [-0.2, 0) is 21.5 Å². The van der Waals surface area contributed by atoms with Gasteiger partial charge < -0.3 is 14.6 Å². The molecule has 32 heavy (non-hydrogen) atoms. The first-order valence-electron chi connectivity index (χ1n) is 10.8. The summed E-state index contributed by atoms with van der Waals surface area (Å²) in [7, 11) is 1.74. The van der Waals surface area contributed by atoms with Crippen LogP contribution in [0.5, 0.6) is 0 Å². The minimum atomic E-state index is -1.35. The molecule has 0 spiro atoms. The molecule has 1 saturated heterocycles. The molecule has 2 aliphatic rings. The van der Waals surface area contributed by atoms with Gasteiger partial charge in [-0.05, 0) is 49.4 Å². The number of likely N-dealkylation sites (N-methyl/N-ethyl adjacent to an activating group) is 1. The first kappa shape index (κ1) is 20.3. The van der Waals surface area contributed by atoms with E-state index < -0.39 is 17.5 Å². The Balaban J connectivity index is 1.36. The summed E-state index contributed by atoms with van der Waals surface area (Å²) in [4.78, 5) is 41.7. The molecule has 3 aromatic rings. The van der Waals surface area contributed by atoms with Gasteiger partial charge in [0.05, 0.1) is 6.04 Å². The zero-order valence-corrected chi connectivity index (χ0v) is 18.1. The molecule has 2 aromatic carbocycles. The number of para-hydroxylation sites is 1. The van der Waals surface area contributed by atoms with E-state index in [1.807, 2.05) is 36.4 Å². The third-order valence-corrected chi connectivity index (χ3v) is 6.69. The van der Waals surface area contributed by atoms with Crippen LogP contribution in [0.2, 0.25) is 0 Å². The Morgan fingerprint density at radius 1 is 1.19 bits per heavy atom. The molecular weight excluding hydrogens is 406 g/mol. The van der Waals surface area contributed by atoms with Crippen LogP contribution in [0.25, 0.3) is 11.0 Å². The smallest absolute Gasteiger partial charge is 0.325 e. The van der Waals surface area contributed by atoms with Crippen LogP contribution in [0.4, 0.5) is 4.79 Å². The fourth-order valence-electron chi connectivity index (χ4n) is 4.79. The van der Waals surface area contributed by atoms with Gasteiger partial charge in [-0.3, -0.25) is 14.5 Å². The molecule has 7 heteroatoms. The number of fused-ring (bicyclic) bond motifs is 2. The van der Waals surface area contributed by atoms with Crippen LogP contribution in [0.1, 0.15) is 42.7 Å². The molecule has 2 heterocycles. The maximum absolute atomic E-state index is 13.3. The lowest BCUT2D eigenvalue weighted by Gasteiger charge is -2.34. The summed E-state index contributed by atoms with van der Waals surface area (Å²) in [6, 6.07) is 16.6. The largest absolute Gasteiger partial charge is 0.458 e. The molecule has 2 atom stereocenters. The molecule has 1 aliphatic carbocycles. The number of amides is 4. The van der Waals surface area contributed by atoms with Crippen molar-refractivity contribution in [3.63, 3.8) is 0 Å². The van der Waals surface area contributed by atoms with E-state index in [2.05, 4.69) is 17.4 Å². The second-order valence-electron chi connectivity index (χ2n) is 8.71. The van der Waals surface area contributed by atoms with Crippen LogP contribution in [0, 0.1) is 0 Å². The molecule has 1 aliphatic heterocycles. The third-order valence-electron chi connectivity index (χ3n) is 6.69. The fourth-order valence-corrected chi connectivity index (χ4v) is 4.79. The third kappa shape index (κ3) is 3.16. The molecule has 0 saturated carbocycles. The van der Waals surface area contributed by atoms with E-state index in [1.54, 1.807) is 24.9 Å². The van der Waals surface area contributed by atoms with E-state index >= 15 is 0 Å². The SMILES string of the molecule is CN(C(=O)CN1C(=O)N[C@](C)(c2cc3ccccc3o2)C1=O)[C@H]1CCCc2ccccc21. The number of aryl methyl sites for hydroxylation is 1. The van der Waals surface area contributed by atoms with Gasteiger partial charge in [-0.15, -0.1) is 0 Å². The van der Waals surface area contributed by atoms with E-state index in [0.717, 1.165) is 35.1 Å². The van der Waals surface area contributed by atoms with Gasteiger partial charge in [-0.1, -0.05) is 42.5 Å². The predicted octanol–water partition coefficient (Wildman–Crippen LogP) is 3.74. The fraction of sp³-hybridized carbons (Fsp3) is 0.320. The maximum atomic E-state index is 13.3. The first-order chi connectivity index (χ1) is 15.4. The number of carbonyl (C=O) groups excluding carboxylic acids is 3. The van der Waals surface area contributed by atoms with Gasteiger partial charge in [0.2, 0.25) is 5.91 Å². The van der Waals surface area contributed by atoms with Gasteiger partial charge in [-0.25, -0.2) is 4.79 Å². The molecule has 1 fully saturated rings. The minimum Gasteiger partial charge on any atom is -0.458 e. The number of hydrogen-bond acceptors (Lipinski definition) is 4. The Morgan fingerprint density at radius 2 is 1.94 bits per heavy atom. The zero-order chi connectivity index (χ0) is 22.5. The van der Waals surface area contributed by atoms with Gasteiger partial charge in [0.25, 0.3) is 5.91 Å². The van der Waals surface area contributed by atoms with E-state index in [0.29, 0.717) is 11.3 Å². The van der Waals surface area contributed by atoms with Crippen molar-refractivity contribution in [1.82, 2.24) is 15.1 Å². The molecule has 5 rings (SSSR count). The number of rotatable bonds is 4. The second-order valence-corrected chi connectivity index (χ2v) is 8.71. The highest BCUT2D eigenvalue weighted by molar-refractivity contribution is 6.09. The average Bonchev–Trinajstić information content (AvgIpc) is 3.34. The van der Waals surface area contributed by atoms with Crippen LogP contribution in [0.3, 0.4) is 0 Å². The number of imide groups is 1. The summed E-state index contributed by atoms with van der Waals surface area (Å²) >= 11 is 0. The van der Waals surface area contributed by atoms with E-state index in [9.17, 15) is 14.4 Å². The highest BCUT2D eigenvalue weighted by Gasteiger charge is 2.52. The molecule has 0 radical (unpaired) electrons. The lowest BCUT2D eigenvalue weighted by Crippen LogP contribution is -2.44. The number of nitrogens with zero attached hydrogens (tertiary/aromatic N) is 2. The standard InChI is InChI=1S/C25H25N3O4/c1-25(21-14-17-9-4-6-13-20(17)32-21)23(30)28(24(31)26-25)15-22(29)27(2)19-12-7-10-16-8-3-5-11-18(16)19/h3-6,8-9,11,13-14,19H,7,10,12,15H2,1-2H3,(H,26,31)/t19-,25+/m0/s1. The topological polar surface area (TPSA) is 82.9 Å². The molecule has 7 nitrogen and oxygen atoms in total. The van der Waals surface area contributed by atoms with E-state index in [1.165, 1.54) is 5.56 Å². The van der Waals surface area contributed by atoms with Gasteiger partial charge in [0, 0.05) is 12.4 Å². The molecule has 4 amide bonds. The summed E-state index contributed by atoms with van der Waals surface area (Å²) in [5.74, 6) is -0.419. The van der Waals surface area contributed by atoms with E-state index in [-0.39, 0.29) is 18.5 Å². The molecule has 0 bridgehead atoms. The maximum Gasteiger partial charge on any atom is 0.325 e. The van der Waals surface area contributed by atoms with Crippen LogP contribution < -0.4 is 5.32 Å². The van der Waals surface area contributed by atoms with Crippen molar-refractivity contribution in [2.75, 3.05) is 13.6 Å². The molecule has 1 aromatic heterocycles. The average molecular weight is 431 g/mol. The van der Waals surface area contributed by atoms with Crippen molar-refractivity contribution in [3.05, 3.63) is 71.5 Å². The Morgan fingerprint density at radius 3 is 2.75 bits per heavy atom. The van der Waals surface area contributed by atoms with Gasteiger partial charge >= 0.3 is 6.03 Å². The Labute approximate surface area is 186 Å². The van der Waals surface area contributed by atoms with Gasteiger partial charge in [-0.2, -0.15) is 0 Å². The number of carbonyl (C=O) groups is 3. The summed E-state index contributed by atoms with van der Waals surface area (Å²) in [6.07, 6.45) is 2.85. The lowest BCUT2D eigenvalue weighted by atomic mass is 9.87. The number of nitrogens with one attached hydrogen (secondary N) is 1. The molecule has 0 unspecified atom stereocenters. The minimum absolute atomic E-state index is 0.0602. The second kappa shape index (κ2) is 7.51. The monoisotopic (exact) mass is 431 g/mol. The highest BCUT2D eigenvalue weighted by atomic mass is 16.3. The highest BCUT2D eigenvalue weighted by Crippen LogP contribution is 2.35.